The van der Waals surface area contributed by atoms with Crippen LogP contribution in [0.5, 0.6) is 0 Å². The Kier molecular flexibility index (Phi) is 2.52. The fourth-order valence-electron chi connectivity index (χ4n) is 1.90. The van der Waals surface area contributed by atoms with Gasteiger partial charge in [-0.15, -0.1) is 0 Å². The van der Waals surface area contributed by atoms with Gasteiger partial charge in [-0.1, -0.05) is 6.92 Å². The first-order valence-corrected chi connectivity index (χ1v) is 5.05. The Hall–Kier alpha value is -1.32. The molecule has 0 spiro atoms. The van der Waals surface area contributed by atoms with E-state index in [4.69, 9.17) is 5.73 Å². The molecule has 14 heavy (non-hydrogen) atoms. The van der Waals surface area contributed by atoms with Crippen LogP contribution in [-0.4, -0.2) is 16.5 Å². The van der Waals surface area contributed by atoms with E-state index in [1.165, 1.54) is 12.8 Å². The SMILES string of the molecule is CC1CC(CNc2ncc(N)cn2)C1. The molecule has 2 rings (SSSR count). The predicted octanol–water partition coefficient (Wildman–Crippen LogP) is 1.52. The van der Waals surface area contributed by atoms with Gasteiger partial charge in [0.15, 0.2) is 0 Å². The van der Waals surface area contributed by atoms with Crippen molar-refractivity contribution < 1.29 is 0 Å². The molecule has 1 aromatic rings. The van der Waals surface area contributed by atoms with E-state index in [2.05, 4.69) is 22.2 Å². The molecule has 4 nitrogen and oxygen atoms in total. The number of nitrogens with zero attached hydrogens (tertiary/aromatic N) is 2. The average molecular weight is 192 g/mol. The first kappa shape index (κ1) is 9.24. The minimum atomic E-state index is 0.604. The van der Waals surface area contributed by atoms with Crippen LogP contribution in [-0.2, 0) is 0 Å². The molecule has 76 valence electrons. The molecule has 0 saturated heterocycles. The molecule has 0 amide bonds. The molecular formula is C10H16N4. The van der Waals surface area contributed by atoms with Gasteiger partial charge in [0.05, 0.1) is 18.1 Å². The topological polar surface area (TPSA) is 63.8 Å². The van der Waals surface area contributed by atoms with Crippen molar-refractivity contribution in [3.05, 3.63) is 12.4 Å². The number of rotatable bonds is 3. The summed E-state index contributed by atoms with van der Waals surface area (Å²) in [6, 6.07) is 0. The van der Waals surface area contributed by atoms with E-state index < -0.39 is 0 Å². The quantitative estimate of drug-likeness (QED) is 0.762. The van der Waals surface area contributed by atoms with Gasteiger partial charge in [-0.3, -0.25) is 0 Å². The summed E-state index contributed by atoms with van der Waals surface area (Å²) in [5, 5.41) is 3.22. The van der Waals surface area contributed by atoms with Crippen LogP contribution in [0.2, 0.25) is 0 Å². The van der Waals surface area contributed by atoms with Gasteiger partial charge in [0.2, 0.25) is 5.95 Å². The van der Waals surface area contributed by atoms with Crippen molar-refractivity contribution >= 4 is 11.6 Å². The lowest BCUT2D eigenvalue weighted by molar-refractivity contribution is 0.225. The normalized spacial score (nSPS) is 25.5. The molecule has 1 saturated carbocycles. The fourth-order valence-corrected chi connectivity index (χ4v) is 1.90. The Labute approximate surface area is 83.9 Å². The summed E-state index contributed by atoms with van der Waals surface area (Å²) < 4.78 is 0. The molecule has 1 aromatic heterocycles. The Balaban J connectivity index is 1.78. The summed E-state index contributed by atoms with van der Waals surface area (Å²) in [5.41, 5.74) is 6.09. The maximum absolute atomic E-state index is 5.49. The van der Waals surface area contributed by atoms with Gasteiger partial charge in [0.1, 0.15) is 0 Å². The number of nitrogen functional groups attached to an aromatic ring is 1. The number of aromatic nitrogens is 2. The zero-order chi connectivity index (χ0) is 9.97. The van der Waals surface area contributed by atoms with E-state index in [9.17, 15) is 0 Å². The maximum Gasteiger partial charge on any atom is 0.222 e. The lowest BCUT2D eigenvalue weighted by Crippen LogP contribution is -2.28. The highest BCUT2D eigenvalue weighted by molar-refractivity contribution is 5.35. The van der Waals surface area contributed by atoms with Crippen LogP contribution < -0.4 is 11.1 Å². The van der Waals surface area contributed by atoms with Gasteiger partial charge in [0.25, 0.3) is 0 Å². The largest absolute Gasteiger partial charge is 0.396 e. The minimum absolute atomic E-state index is 0.604. The highest BCUT2D eigenvalue weighted by Gasteiger charge is 2.24. The maximum atomic E-state index is 5.49. The van der Waals surface area contributed by atoms with Crippen LogP contribution in [0.3, 0.4) is 0 Å². The zero-order valence-electron chi connectivity index (χ0n) is 8.40. The monoisotopic (exact) mass is 192 g/mol. The smallest absolute Gasteiger partial charge is 0.222 e. The van der Waals surface area contributed by atoms with Crippen LogP contribution in [0, 0.1) is 11.8 Å². The van der Waals surface area contributed by atoms with E-state index >= 15 is 0 Å². The van der Waals surface area contributed by atoms with Crippen LogP contribution >= 0.6 is 0 Å². The molecule has 0 aliphatic heterocycles. The minimum Gasteiger partial charge on any atom is -0.396 e. The average Bonchev–Trinajstić information content (AvgIpc) is 2.13. The molecule has 1 fully saturated rings. The first-order valence-electron chi connectivity index (χ1n) is 5.05. The second kappa shape index (κ2) is 3.82. The van der Waals surface area contributed by atoms with E-state index in [1.807, 2.05) is 0 Å². The van der Waals surface area contributed by atoms with E-state index in [0.717, 1.165) is 18.4 Å². The van der Waals surface area contributed by atoms with Gasteiger partial charge in [-0.25, -0.2) is 9.97 Å². The van der Waals surface area contributed by atoms with Gasteiger partial charge in [0, 0.05) is 6.54 Å². The summed E-state index contributed by atoms with van der Waals surface area (Å²) in [5.74, 6) is 2.37. The highest BCUT2D eigenvalue weighted by atomic mass is 15.1. The van der Waals surface area contributed by atoms with E-state index in [0.29, 0.717) is 11.6 Å². The number of anilines is 2. The Morgan fingerprint density at radius 2 is 2.07 bits per heavy atom. The Bertz CT molecular complexity index is 289. The Morgan fingerprint density at radius 3 is 2.64 bits per heavy atom. The lowest BCUT2D eigenvalue weighted by atomic mass is 9.76. The third-order valence-corrected chi connectivity index (χ3v) is 2.69. The van der Waals surface area contributed by atoms with E-state index in [1.54, 1.807) is 12.4 Å². The summed E-state index contributed by atoms with van der Waals surface area (Å²) in [6.45, 7) is 3.27. The van der Waals surface area contributed by atoms with Gasteiger partial charge < -0.3 is 11.1 Å². The molecular weight excluding hydrogens is 176 g/mol. The van der Waals surface area contributed by atoms with Crippen LogP contribution in [0.4, 0.5) is 11.6 Å². The van der Waals surface area contributed by atoms with Gasteiger partial charge >= 0.3 is 0 Å². The lowest BCUT2D eigenvalue weighted by Gasteiger charge is -2.32. The summed E-state index contributed by atoms with van der Waals surface area (Å²) in [6.07, 6.45) is 5.89. The molecule has 0 bridgehead atoms. The van der Waals surface area contributed by atoms with Gasteiger partial charge in [-0.05, 0) is 24.7 Å². The molecule has 1 heterocycles. The zero-order valence-corrected chi connectivity index (χ0v) is 8.40. The molecule has 0 aromatic carbocycles. The molecule has 0 unspecified atom stereocenters. The third kappa shape index (κ3) is 2.13. The summed E-state index contributed by atoms with van der Waals surface area (Å²) in [7, 11) is 0. The number of nitrogens with one attached hydrogen (secondary N) is 1. The molecule has 1 aliphatic carbocycles. The standard InChI is InChI=1S/C10H16N4/c1-7-2-8(3-7)4-12-10-13-5-9(11)6-14-10/h5-8H,2-4,11H2,1H3,(H,12,13,14). The predicted molar refractivity (Wildman–Crippen MR) is 56.8 cm³/mol. The number of hydrogen-bond acceptors (Lipinski definition) is 4. The van der Waals surface area contributed by atoms with Crippen molar-refractivity contribution in [1.29, 1.82) is 0 Å². The molecule has 3 N–H and O–H groups in total. The van der Waals surface area contributed by atoms with Crippen LogP contribution in [0.15, 0.2) is 12.4 Å². The number of hydrogen-bond donors (Lipinski definition) is 2. The fraction of sp³-hybridized carbons (Fsp3) is 0.600. The third-order valence-electron chi connectivity index (χ3n) is 2.69. The molecule has 0 radical (unpaired) electrons. The molecule has 4 heteroatoms. The van der Waals surface area contributed by atoms with Crippen LogP contribution in [0.25, 0.3) is 0 Å². The van der Waals surface area contributed by atoms with E-state index in [-0.39, 0.29) is 0 Å². The molecule has 0 atom stereocenters. The first-order chi connectivity index (χ1) is 6.74. The summed E-state index contributed by atoms with van der Waals surface area (Å²) in [4.78, 5) is 8.16. The number of nitrogens with two attached hydrogens (primary N) is 1. The van der Waals surface area contributed by atoms with Crippen molar-refractivity contribution in [2.45, 2.75) is 19.8 Å². The second-order valence-corrected chi connectivity index (χ2v) is 4.16. The highest BCUT2D eigenvalue weighted by Crippen LogP contribution is 2.32. The van der Waals surface area contributed by atoms with Crippen molar-refractivity contribution in [3.63, 3.8) is 0 Å². The second-order valence-electron chi connectivity index (χ2n) is 4.16. The summed E-state index contributed by atoms with van der Waals surface area (Å²) >= 11 is 0. The van der Waals surface area contributed by atoms with Gasteiger partial charge in [-0.2, -0.15) is 0 Å². The van der Waals surface area contributed by atoms with Crippen molar-refractivity contribution in [2.75, 3.05) is 17.6 Å². The molecule has 1 aliphatic rings. The van der Waals surface area contributed by atoms with Crippen molar-refractivity contribution in [2.24, 2.45) is 11.8 Å². The Morgan fingerprint density at radius 1 is 1.43 bits per heavy atom. The van der Waals surface area contributed by atoms with Crippen LogP contribution in [0.1, 0.15) is 19.8 Å². The van der Waals surface area contributed by atoms with Crippen molar-refractivity contribution in [3.8, 4) is 0 Å². The van der Waals surface area contributed by atoms with Crippen molar-refractivity contribution in [1.82, 2.24) is 9.97 Å².